The molecule has 3 aromatic carbocycles. The standard InChI is InChI=1S/C22H14F3N3O/c23-16-12-17(14-5-2-1-3-6-14)21(19(25)13-16)27-22(29)15-7-8-20(18(24)11-15)28-10-4-9-26-28/h1-13H,(H,27,29). The first-order valence-corrected chi connectivity index (χ1v) is 8.68. The maximum absolute atomic E-state index is 14.5. The largest absolute Gasteiger partial charge is 0.319 e. The van der Waals surface area contributed by atoms with Crippen LogP contribution in [-0.2, 0) is 0 Å². The minimum Gasteiger partial charge on any atom is -0.319 e. The van der Waals surface area contributed by atoms with Crippen molar-refractivity contribution in [3.05, 3.63) is 102 Å². The molecule has 4 nitrogen and oxygen atoms in total. The van der Waals surface area contributed by atoms with Crippen molar-refractivity contribution in [1.82, 2.24) is 9.78 Å². The second-order valence-electron chi connectivity index (χ2n) is 6.25. The minimum atomic E-state index is -0.925. The molecule has 0 saturated carbocycles. The van der Waals surface area contributed by atoms with Crippen LogP contribution in [0.1, 0.15) is 10.4 Å². The summed E-state index contributed by atoms with van der Waals surface area (Å²) in [6.07, 6.45) is 3.07. The Morgan fingerprint density at radius 1 is 0.897 bits per heavy atom. The predicted octanol–water partition coefficient (Wildman–Crippen LogP) is 5.21. The van der Waals surface area contributed by atoms with Crippen LogP contribution in [0.15, 0.2) is 79.1 Å². The molecule has 29 heavy (non-hydrogen) atoms. The van der Waals surface area contributed by atoms with Gasteiger partial charge in [0.15, 0.2) is 0 Å². The van der Waals surface area contributed by atoms with Gasteiger partial charge in [0.05, 0.1) is 5.69 Å². The van der Waals surface area contributed by atoms with E-state index in [2.05, 4.69) is 10.4 Å². The van der Waals surface area contributed by atoms with Gasteiger partial charge in [0.25, 0.3) is 5.91 Å². The summed E-state index contributed by atoms with van der Waals surface area (Å²) in [6.45, 7) is 0. The smallest absolute Gasteiger partial charge is 0.255 e. The Morgan fingerprint density at radius 3 is 2.38 bits per heavy atom. The molecule has 0 unspecified atom stereocenters. The minimum absolute atomic E-state index is 0.0128. The molecule has 0 aliphatic heterocycles. The Kier molecular flexibility index (Phi) is 4.87. The van der Waals surface area contributed by atoms with Gasteiger partial charge in [-0.05, 0) is 35.9 Å². The molecule has 144 valence electrons. The van der Waals surface area contributed by atoms with Crippen LogP contribution in [0.3, 0.4) is 0 Å². The quantitative estimate of drug-likeness (QED) is 0.517. The molecule has 1 aromatic heterocycles. The van der Waals surface area contributed by atoms with E-state index in [1.807, 2.05) is 0 Å². The van der Waals surface area contributed by atoms with E-state index >= 15 is 0 Å². The van der Waals surface area contributed by atoms with Crippen LogP contribution in [0.2, 0.25) is 0 Å². The number of carbonyl (C=O) groups is 1. The van der Waals surface area contributed by atoms with Crippen molar-refractivity contribution < 1.29 is 18.0 Å². The van der Waals surface area contributed by atoms with Crippen molar-refractivity contribution in [2.24, 2.45) is 0 Å². The number of benzene rings is 3. The first kappa shape index (κ1) is 18.5. The number of nitrogens with zero attached hydrogens (tertiary/aromatic N) is 2. The van der Waals surface area contributed by atoms with Crippen LogP contribution in [-0.4, -0.2) is 15.7 Å². The molecule has 0 aliphatic carbocycles. The highest BCUT2D eigenvalue weighted by Gasteiger charge is 2.18. The Labute approximate surface area is 164 Å². The van der Waals surface area contributed by atoms with E-state index < -0.39 is 23.4 Å². The molecular formula is C22H14F3N3O. The third-order valence-electron chi connectivity index (χ3n) is 4.34. The Hall–Kier alpha value is -3.87. The van der Waals surface area contributed by atoms with Crippen LogP contribution in [0.5, 0.6) is 0 Å². The van der Waals surface area contributed by atoms with Crippen molar-refractivity contribution >= 4 is 11.6 Å². The van der Waals surface area contributed by atoms with Crippen molar-refractivity contribution in [2.75, 3.05) is 5.32 Å². The zero-order chi connectivity index (χ0) is 20.4. The lowest BCUT2D eigenvalue weighted by molar-refractivity contribution is 0.102. The van der Waals surface area contributed by atoms with Gasteiger partial charge in [0.2, 0.25) is 0 Å². The molecule has 0 bridgehead atoms. The summed E-state index contributed by atoms with van der Waals surface area (Å²) in [5.74, 6) is -3.08. The van der Waals surface area contributed by atoms with Crippen LogP contribution in [0.4, 0.5) is 18.9 Å². The van der Waals surface area contributed by atoms with Gasteiger partial charge >= 0.3 is 0 Å². The van der Waals surface area contributed by atoms with Crippen molar-refractivity contribution in [2.45, 2.75) is 0 Å². The molecule has 0 radical (unpaired) electrons. The molecule has 4 rings (SSSR count). The summed E-state index contributed by atoms with van der Waals surface area (Å²) >= 11 is 0. The van der Waals surface area contributed by atoms with Gasteiger partial charge in [0, 0.05) is 29.6 Å². The molecule has 0 spiro atoms. The third kappa shape index (κ3) is 3.75. The van der Waals surface area contributed by atoms with E-state index in [0.717, 1.165) is 12.1 Å². The van der Waals surface area contributed by atoms with Gasteiger partial charge in [-0.15, -0.1) is 0 Å². The topological polar surface area (TPSA) is 46.9 Å². The Morgan fingerprint density at radius 2 is 1.69 bits per heavy atom. The summed E-state index contributed by atoms with van der Waals surface area (Å²) in [5.41, 5.74) is 0.691. The van der Waals surface area contributed by atoms with Crippen LogP contribution >= 0.6 is 0 Å². The van der Waals surface area contributed by atoms with E-state index in [1.165, 1.54) is 23.0 Å². The molecule has 0 saturated heterocycles. The van der Waals surface area contributed by atoms with Crippen molar-refractivity contribution in [1.29, 1.82) is 0 Å². The van der Waals surface area contributed by atoms with Crippen molar-refractivity contribution in [3.8, 4) is 16.8 Å². The third-order valence-corrected chi connectivity index (χ3v) is 4.34. The highest BCUT2D eigenvalue weighted by Crippen LogP contribution is 2.32. The fourth-order valence-corrected chi connectivity index (χ4v) is 2.98. The highest BCUT2D eigenvalue weighted by molar-refractivity contribution is 6.06. The van der Waals surface area contributed by atoms with Gasteiger partial charge in [-0.25, -0.2) is 17.9 Å². The lowest BCUT2D eigenvalue weighted by atomic mass is 10.0. The number of carbonyl (C=O) groups excluding carboxylic acids is 1. The molecule has 0 fully saturated rings. The number of rotatable bonds is 4. The van der Waals surface area contributed by atoms with Gasteiger partial charge in [-0.1, -0.05) is 30.3 Å². The lowest BCUT2D eigenvalue weighted by Crippen LogP contribution is -2.15. The van der Waals surface area contributed by atoms with Gasteiger partial charge in [-0.3, -0.25) is 4.79 Å². The lowest BCUT2D eigenvalue weighted by Gasteiger charge is -2.13. The first-order valence-electron chi connectivity index (χ1n) is 8.68. The summed E-state index contributed by atoms with van der Waals surface area (Å²) in [6, 6.07) is 15.8. The summed E-state index contributed by atoms with van der Waals surface area (Å²) < 4.78 is 44.0. The summed E-state index contributed by atoms with van der Waals surface area (Å²) in [5, 5.41) is 6.38. The van der Waals surface area contributed by atoms with Gasteiger partial charge in [0.1, 0.15) is 23.1 Å². The van der Waals surface area contributed by atoms with Crippen molar-refractivity contribution in [3.63, 3.8) is 0 Å². The van der Waals surface area contributed by atoms with E-state index in [9.17, 15) is 18.0 Å². The number of nitrogens with one attached hydrogen (secondary N) is 1. The average Bonchev–Trinajstić information content (AvgIpc) is 3.24. The normalized spacial score (nSPS) is 10.7. The number of hydrogen-bond acceptors (Lipinski definition) is 2. The average molecular weight is 393 g/mol. The maximum atomic E-state index is 14.5. The molecule has 7 heteroatoms. The number of halogens is 3. The SMILES string of the molecule is O=C(Nc1c(F)cc(F)cc1-c1ccccc1)c1ccc(-n2cccn2)c(F)c1. The zero-order valence-electron chi connectivity index (χ0n) is 14.9. The van der Waals surface area contributed by atoms with Crippen LogP contribution in [0, 0.1) is 17.5 Å². The second kappa shape index (κ2) is 7.63. The fourth-order valence-electron chi connectivity index (χ4n) is 2.98. The number of hydrogen-bond donors (Lipinski definition) is 1. The summed E-state index contributed by atoms with van der Waals surface area (Å²) in [4.78, 5) is 12.6. The zero-order valence-corrected chi connectivity index (χ0v) is 14.9. The Bertz CT molecular complexity index is 1180. The number of amides is 1. The summed E-state index contributed by atoms with van der Waals surface area (Å²) in [7, 11) is 0. The monoisotopic (exact) mass is 393 g/mol. The molecular weight excluding hydrogens is 379 g/mol. The number of aromatic nitrogens is 2. The highest BCUT2D eigenvalue weighted by atomic mass is 19.1. The maximum Gasteiger partial charge on any atom is 0.255 e. The molecule has 0 aliphatic rings. The molecule has 1 amide bonds. The van der Waals surface area contributed by atoms with E-state index in [0.29, 0.717) is 11.6 Å². The molecule has 1 heterocycles. The van der Waals surface area contributed by atoms with Crippen LogP contribution < -0.4 is 5.32 Å². The first-order chi connectivity index (χ1) is 14.0. The van der Waals surface area contributed by atoms with Gasteiger partial charge < -0.3 is 5.32 Å². The second-order valence-corrected chi connectivity index (χ2v) is 6.25. The van der Waals surface area contributed by atoms with Crippen LogP contribution in [0.25, 0.3) is 16.8 Å². The predicted molar refractivity (Wildman–Crippen MR) is 103 cm³/mol. The molecule has 1 N–H and O–H groups in total. The fraction of sp³-hybridized carbons (Fsp3) is 0. The van der Waals surface area contributed by atoms with E-state index in [-0.39, 0.29) is 22.5 Å². The molecule has 4 aromatic rings. The van der Waals surface area contributed by atoms with E-state index in [4.69, 9.17) is 0 Å². The number of anilines is 1. The van der Waals surface area contributed by atoms with E-state index in [1.54, 1.807) is 42.6 Å². The molecule has 0 atom stereocenters. The van der Waals surface area contributed by atoms with Gasteiger partial charge in [-0.2, -0.15) is 5.10 Å². The Balaban J connectivity index is 1.68.